The van der Waals surface area contributed by atoms with Gasteiger partial charge in [0.15, 0.2) is 0 Å². The van der Waals surface area contributed by atoms with Gasteiger partial charge in [0, 0.05) is 18.9 Å². The summed E-state index contributed by atoms with van der Waals surface area (Å²) in [5, 5.41) is 4.22. The van der Waals surface area contributed by atoms with E-state index < -0.39 is 0 Å². The van der Waals surface area contributed by atoms with Gasteiger partial charge in [0.05, 0.1) is 0 Å². The molecule has 1 aliphatic heterocycles. The van der Waals surface area contributed by atoms with Gasteiger partial charge in [-0.3, -0.25) is 4.79 Å². The number of hydrogen-bond donors (Lipinski definition) is 0. The molecule has 14 heavy (non-hydrogen) atoms. The number of carbonyl (C=O) groups is 1. The SMILES string of the molecule is CCCC(=O)c1nc2n(n1)CCC2C. The molecule has 1 aromatic rings. The molecular weight excluding hydrogens is 178 g/mol. The van der Waals surface area contributed by atoms with E-state index in [-0.39, 0.29) is 5.78 Å². The molecule has 2 heterocycles. The first kappa shape index (κ1) is 9.37. The summed E-state index contributed by atoms with van der Waals surface area (Å²) in [6.45, 7) is 5.02. The molecule has 0 amide bonds. The maximum Gasteiger partial charge on any atom is 0.217 e. The summed E-state index contributed by atoms with van der Waals surface area (Å²) in [7, 11) is 0. The van der Waals surface area contributed by atoms with E-state index in [2.05, 4.69) is 17.0 Å². The summed E-state index contributed by atoms with van der Waals surface area (Å²) in [5.41, 5.74) is 0. The zero-order chi connectivity index (χ0) is 10.1. The van der Waals surface area contributed by atoms with Crippen molar-refractivity contribution in [1.82, 2.24) is 14.8 Å². The lowest BCUT2D eigenvalue weighted by Gasteiger charge is -1.95. The van der Waals surface area contributed by atoms with Crippen molar-refractivity contribution in [1.29, 1.82) is 0 Å². The highest BCUT2D eigenvalue weighted by Crippen LogP contribution is 2.24. The Morgan fingerprint density at radius 3 is 3.07 bits per heavy atom. The third-order valence-corrected chi connectivity index (χ3v) is 2.64. The minimum atomic E-state index is 0.0709. The number of aromatic nitrogens is 3. The lowest BCUT2D eigenvalue weighted by Crippen LogP contribution is -2.03. The molecule has 0 aliphatic carbocycles. The first-order valence-electron chi connectivity index (χ1n) is 5.20. The predicted molar refractivity (Wildman–Crippen MR) is 52.3 cm³/mol. The molecule has 1 aromatic heterocycles. The van der Waals surface area contributed by atoms with Crippen LogP contribution in [0, 0.1) is 0 Å². The van der Waals surface area contributed by atoms with Crippen molar-refractivity contribution in [3.63, 3.8) is 0 Å². The van der Waals surface area contributed by atoms with Crippen LogP contribution >= 0.6 is 0 Å². The van der Waals surface area contributed by atoms with E-state index in [1.807, 2.05) is 11.6 Å². The van der Waals surface area contributed by atoms with Crippen LogP contribution in [0.25, 0.3) is 0 Å². The highest BCUT2D eigenvalue weighted by atomic mass is 16.1. The summed E-state index contributed by atoms with van der Waals surface area (Å²) >= 11 is 0. The topological polar surface area (TPSA) is 47.8 Å². The van der Waals surface area contributed by atoms with Crippen LogP contribution in [0.1, 0.15) is 55.5 Å². The van der Waals surface area contributed by atoms with Crippen LogP contribution in [0.15, 0.2) is 0 Å². The molecule has 0 saturated heterocycles. The van der Waals surface area contributed by atoms with E-state index in [0.29, 0.717) is 18.2 Å². The van der Waals surface area contributed by atoms with Gasteiger partial charge in [-0.15, -0.1) is 5.10 Å². The third kappa shape index (κ3) is 1.45. The molecule has 1 unspecified atom stereocenters. The second-order valence-electron chi connectivity index (χ2n) is 3.88. The van der Waals surface area contributed by atoms with Crippen molar-refractivity contribution in [2.24, 2.45) is 0 Å². The number of carbonyl (C=O) groups excluding carboxylic acids is 1. The summed E-state index contributed by atoms with van der Waals surface area (Å²) in [6, 6.07) is 0. The molecule has 1 atom stereocenters. The maximum atomic E-state index is 11.5. The molecule has 4 heteroatoms. The summed E-state index contributed by atoms with van der Waals surface area (Å²) in [4.78, 5) is 15.8. The fourth-order valence-electron chi connectivity index (χ4n) is 1.79. The van der Waals surface area contributed by atoms with Crippen LogP contribution in [-0.4, -0.2) is 20.5 Å². The lowest BCUT2D eigenvalue weighted by atomic mass is 10.1. The Bertz CT molecular complexity index is 356. The molecule has 0 N–H and O–H groups in total. The fourth-order valence-corrected chi connectivity index (χ4v) is 1.79. The van der Waals surface area contributed by atoms with Gasteiger partial charge in [-0.05, 0) is 12.8 Å². The van der Waals surface area contributed by atoms with Gasteiger partial charge in [0.25, 0.3) is 0 Å². The average Bonchev–Trinajstić information content (AvgIpc) is 2.69. The van der Waals surface area contributed by atoms with E-state index >= 15 is 0 Å². The van der Waals surface area contributed by atoms with Crippen molar-refractivity contribution in [2.75, 3.05) is 0 Å². The number of hydrogen-bond acceptors (Lipinski definition) is 3. The molecule has 0 radical (unpaired) electrons. The monoisotopic (exact) mass is 193 g/mol. The number of ketones is 1. The van der Waals surface area contributed by atoms with Crippen LogP contribution in [0.2, 0.25) is 0 Å². The summed E-state index contributed by atoms with van der Waals surface area (Å²) < 4.78 is 1.87. The summed E-state index contributed by atoms with van der Waals surface area (Å²) in [6.07, 6.45) is 2.51. The van der Waals surface area contributed by atoms with Crippen LogP contribution in [0.3, 0.4) is 0 Å². The molecule has 0 bridgehead atoms. The standard InChI is InChI=1S/C10H15N3O/c1-3-4-8(14)9-11-10-7(2)5-6-13(10)12-9/h7H,3-6H2,1-2H3. The average molecular weight is 193 g/mol. The number of fused-ring (bicyclic) bond motifs is 1. The van der Waals surface area contributed by atoms with Gasteiger partial charge < -0.3 is 0 Å². The van der Waals surface area contributed by atoms with Gasteiger partial charge in [-0.25, -0.2) is 9.67 Å². The van der Waals surface area contributed by atoms with Gasteiger partial charge in [0.2, 0.25) is 11.6 Å². The molecule has 0 saturated carbocycles. The van der Waals surface area contributed by atoms with Crippen molar-refractivity contribution < 1.29 is 4.79 Å². The van der Waals surface area contributed by atoms with Crippen LogP contribution in [0.5, 0.6) is 0 Å². The number of rotatable bonds is 3. The Morgan fingerprint density at radius 1 is 1.64 bits per heavy atom. The normalized spacial score (nSPS) is 19.7. The van der Waals surface area contributed by atoms with Gasteiger partial charge in [-0.2, -0.15) is 0 Å². The van der Waals surface area contributed by atoms with E-state index in [4.69, 9.17) is 0 Å². The highest BCUT2D eigenvalue weighted by Gasteiger charge is 2.24. The van der Waals surface area contributed by atoms with E-state index in [1.54, 1.807) is 0 Å². The first-order valence-corrected chi connectivity index (χ1v) is 5.20. The van der Waals surface area contributed by atoms with E-state index in [1.165, 1.54) is 0 Å². The van der Waals surface area contributed by atoms with Gasteiger partial charge >= 0.3 is 0 Å². The number of aryl methyl sites for hydroxylation is 1. The second kappa shape index (κ2) is 3.52. The van der Waals surface area contributed by atoms with E-state index in [0.717, 1.165) is 25.2 Å². The molecule has 1 aliphatic rings. The molecule has 4 nitrogen and oxygen atoms in total. The Labute approximate surface area is 83.3 Å². The van der Waals surface area contributed by atoms with Crippen LogP contribution in [0.4, 0.5) is 0 Å². The largest absolute Gasteiger partial charge is 0.291 e. The lowest BCUT2D eigenvalue weighted by molar-refractivity contribution is 0.0971. The van der Waals surface area contributed by atoms with Crippen molar-refractivity contribution in [2.45, 2.75) is 45.6 Å². The quantitative estimate of drug-likeness (QED) is 0.687. The maximum absolute atomic E-state index is 11.5. The van der Waals surface area contributed by atoms with Crippen molar-refractivity contribution in [3.8, 4) is 0 Å². The van der Waals surface area contributed by atoms with Crippen molar-refractivity contribution >= 4 is 5.78 Å². The van der Waals surface area contributed by atoms with Gasteiger partial charge in [-0.1, -0.05) is 13.8 Å². The molecule has 2 rings (SSSR count). The van der Waals surface area contributed by atoms with Crippen LogP contribution in [-0.2, 0) is 6.54 Å². The first-order chi connectivity index (χ1) is 6.72. The molecule has 0 spiro atoms. The Kier molecular flexibility index (Phi) is 2.35. The van der Waals surface area contributed by atoms with E-state index in [9.17, 15) is 4.79 Å². The zero-order valence-electron chi connectivity index (χ0n) is 8.66. The zero-order valence-corrected chi connectivity index (χ0v) is 8.66. The third-order valence-electron chi connectivity index (χ3n) is 2.64. The molecule has 0 fully saturated rings. The number of Topliss-reactive ketones (excluding diaryl/α,β-unsaturated/α-hetero) is 1. The smallest absolute Gasteiger partial charge is 0.217 e. The second-order valence-corrected chi connectivity index (χ2v) is 3.88. The Morgan fingerprint density at radius 2 is 2.43 bits per heavy atom. The van der Waals surface area contributed by atoms with Gasteiger partial charge in [0.1, 0.15) is 5.82 Å². The minimum Gasteiger partial charge on any atom is -0.291 e. The van der Waals surface area contributed by atoms with Crippen LogP contribution < -0.4 is 0 Å². The molecule has 0 aromatic carbocycles. The Hall–Kier alpha value is -1.19. The van der Waals surface area contributed by atoms with Crippen molar-refractivity contribution in [3.05, 3.63) is 11.6 Å². The molecular formula is C10H15N3O. The fraction of sp³-hybridized carbons (Fsp3) is 0.700. The molecule has 76 valence electrons. The predicted octanol–water partition coefficient (Wildman–Crippen LogP) is 1.77. The summed E-state index contributed by atoms with van der Waals surface area (Å²) in [5.74, 6) is 1.91. The number of nitrogens with zero attached hydrogens (tertiary/aromatic N) is 3. The minimum absolute atomic E-state index is 0.0709. The highest BCUT2D eigenvalue weighted by molar-refractivity contribution is 5.92. The Balaban J connectivity index is 2.22.